The number of nitrogens with zero attached hydrogens (tertiary/aromatic N) is 2. The highest BCUT2D eigenvalue weighted by Crippen LogP contribution is 2.30. The minimum absolute atomic E-state index is 0.206. The zero-order valence-corrected chi connectivity index (χ0v) is 14.4. The Balaban J connectivity index is 2.14. The van der Waals surface area contributed by atoms with Crippen molar-refractivity contribution in [2.45, 2.75) is 26.4 Å². The molecular weight excluding hydrogens is 312 g/mol. The lowest BCUT2D eigenvalue weighted by Gasteiger charge is -2.11. The molecule has 0 spiro atoms. The molecule has 0 fully saturated rings. The fourth-order valence-corrected chi connectivity index (χ4v) is 2.69. The summed E-state index contributed by atoms with van der Waals surface area (Å²) in [5.41, 5.74) is 3.77. The first kappa shape index (κ1) is 16.9. The van der Waals surface area contributed by atoms with Gasteiger partial charge in [-0.3, -0.25) is 0 Å². The molecule has 0 aliphatic rings. The van der Waals surface area contributed by atoms with Gasteiger partial charge in [-0.05, 0) is 29.7 Å². The van der Waals surface area contributed by atoms with Crippen molar-refractivity contribution in [2.75, 3.05) is 6.61 Å². The maximum atomic E-state index is 9.48. The zero-order valence-electron chi connectivity index (χ0n) is 14.4. The van der Waals surface area contributed by atoms with Crippen LogP contribution in [0.15, 0.2) is 42.5 Å². The van der Waals surface area contributed by atoms with Crippen LogP contribution in [0.3, 0.4) is 0 Å². The van der Waals surface area contributed by atoms with Gasteiger partial charge in [-0.1, -0.05) is 44.0 Å². The normalized spacial score (nSPS) is 10.8. The Kier molecular flexibility index (Phi) is 4.97. The van der Waals surface area contributed by atoms with Crippen LogP contribution in [0, 0.1) is 12.3 Å². The Hall–Kier alpha value is -2.90. The fourth-order valence-electron chi connectivity index (χ4n) is 2.69. The second-order valence-corrected chi connectivity index (χ2v) is 6.10. The molecular formula is C21H20N2O2. The highest BCUT2D eigenvalue weighted by molar-refractivity contribution is 5.93. The number of aliphatic hydroxyl groups excluding tert-OH is 1. The first-order valence-electron chi connectivity index (χ1n) is 8.20. The molecule has 3 rings (SSSR count). The Labute approximate surface area is 147 Å². The quantitative estimate of drug-likeness (QED) is 0.719. The first-order chi connectivity index (χ1) is 12.1. The lowest BCUT2D eigenvalue weighted by atomic mass is 9.99. The molecule has 126 valence electrons. The van der Waals surface area contributed by atoms with E-state index in [-0.39, 0.29) is 13.2 Å². The van der Waals surface area contributed by atoms with Crippen LogP contribution < -0.4 is 4.74 Å². The van der Waals surface area contributed by atoms with Gasteiger partial charge in [0.25, 0.3) is 0 Å². The summed E-state index contributed by atoms with van der Waals surface area (Å²) in [4.78, 5) is 8.92. The second-order valence-electron chi connectivity index (χ2n) is 6.10. The van der Waals surface area contributed by atoms with E-state index in [0.717, 1.165) is 22.2 Å². The van der Waals surface area contributed by atoms with E-state index < -0.39 is 0 Å². The summed E-state index contributed by atoms with van der Waals surface area (Å²) < 4.78 is 5.52. The van der Waals surface area contributed by atoms with Gasteiger partial charge in [0.1, 0.15) is 19.0 Å². The SMILES string of the molecule is C#CCOc1ccc2nc(CO)nc(-c3ccc(C(C)C)cc3)c2c1. The predicted octanol–water partition coefficient (Wildman–Crippen LogP) is 3.92. The molecule has 1 aromatic heterocycles. The molecule has 3 aromatic rings. The molecule has 4 nitrogen and oxygen atoms in total. The summed E-state index contributed by atoms with van der Waals surface area (Å²) in [6, 6.07) is 13.9. The summed E-state index contributed by atoms with van der Waals surface area (Å²) in [7, 11) is 0. The van der Waals surface area contributed by atoms with E-state index in [4.69, 9.17) is 11.2 Å². The molecule has 0 aliphatic carbocycles. The summed E-state index contributed by atoms with van der Waals surface area (Å²) in [5, 5.41) is 10.3. The number of benzene rings is 2. The first-order valence-corrected chi connectivity index (χ1v) is 8.20. The van der Waals surface area contributed by atoms with Crippen LogP contribution in [0.5, 0.6) is 5.75 Å². The molecule has 1 heterocycles. The smallest absolute Gasteiger partial charge is 0.155 e. The minimum atomic E-state index is -0.206. The largest absolute Gasteiger partial charge is 0.481 e. The number of aromatic nitrogens is 2. The number of hydrogen-bond donors (Lipinski definition) is 1. The van der Waals surface area contributed by atoms with Crippen molar-refractivity contribution < 1.29 is 9.84 Å². The van der Waals surface area contributed by atoms with Crippen molar-refractivity contribution in [3.05, 3.63) is 53.9 Å². The third-order valence-corrected chi connectivity index (χ3v) is 4.03. The molecule has 0 saturated carbocycles. The van der Waals surface area contributed by atoms with Crippen LogP contribution >= 0.6 is 0 Å². The van der Waals surface area contributed by atoms with Gasteiger partial charge >= 0.3 is 0 Å². The average molecular weight is 332 g/mol. The van der Waals surface area contributed by atoms with Crippen molar-refractivity contribution in [3.63, 3.8) is 0 Å². The number of aliphatic hydroxyl groups is 1. The van der Waals surface area contributed by atoms with Crippen molar-refractivity contribution in [3.8, 4) is 29.4 Å². The van der Waals surface area contributed by atoms with E-state index in [9.17, 15) is 5.11 Å². The van der Waals surface area contributed by atoms with Crippen LogP contribution in [-0.4, -0.2) is 21.7 Å². The Morgan fingerprint density at radius 3 is 2.52 bits per heavy atom. The van der Waals surface area contributed by atoms with Crippen molar-refractivity contribution in [2.24, 2.45) is 0 Å². The van der Waals surface area contributed by atoms with E-state index in [0.29, 0.717) is 17.5 Å². The number of fused-ring (bicyclic) bond motifs is 1. The number of ether oxygens (including phenoxy) is 1. The van der Waals surface area contributed by atoms with Crippen LogP contribution in [0.2, 0.25) is 0 Å². The third kappa shape index (κ3) is 3.62. The summed E-state index contributed by atoms with van der Waals surface area (Å²) in [6.07, 6.45) is 5.26. The van der Waals surface area contributed by atoms with Crippen LogP contribution in [0.1, 0.15) is 31.2 Å². The van der Waals surface area contributed by atoms with Crippen molar-refractivity contribution in [1.82, 2.24) is 9.97 Å². The topological polar surface area (TPSA) is 55.2 Å². The van der Waals surface area contributed by atoms with Gasteiger partial charge in [0.15, 0.2) is 5.82 Å². The predicted molar refractivity (Wildman–Crippen MR) is 99.3 cm³/mol. The maximum absolute atomic E-state index is 9.48. The third-order valence-electron chi connectivity index (χ3n) is 4.03. The summed E-state index contributed by atoms with van der Waals surface area (Å²) in [6.45, 7) is 4.32. The van der Waals surface area contributed by atoms with E-state index in [1.54, 1.807) is 0 Å². The number of rotatable bonds is 5. The van der Waals surface area contributed by atoms with Crippen LogP contribution in [0.25, 0.3) is 22.2 Å². The molecule has 25 heavy (non-hydrogen) atoms. The summed E-state index contributed by atoms with van der Waals surface area (Å²) >= 11 is 0. The minimum Gasteiger partial charge on any atom is -0.481 e. The van der Waals surface area contributed by atoms with Crippen LogP contribution in [0.4, 0.5) is 0 Å². The van der Waals surface area contributed by atoms with E-state index >= 15 is 0 Å². The van der Waals surface area contributed by atoms with Gasteiger partial charge in [0.05, 0.1) is 11.2 Å². The van der Waals surface area contributed by atoms with E-state index in [2.05, 4.69) is 41.9 Å². The standard InChI is InChI=1S/C21H20N2O2/c1-4-11-25-17-9-10-19-18(12-17)21(23-20(13-24)22-19)16-7-5-15(6-8-16)14(2)3/h1,5-10,12,14,24H,11,13H2,2-3H3. The average Bonchev–Trinajstić information content (AvgIpc) is 2.65. The second kappa shape index (κ2) is 7.33. The number of hydrogen-bond acceptors (Lipinski definition) is 4. The Bertz CT molecular complexity index is 925. The molecule has 0 radical (unpaired) electrons. The molecule has 0 aliphatic heterocycles. The molecule has 2 aromatic carbocycles. The van der Waals surface area contributed by atoms with Gasteiger partial charge in [0.2, 0.25) is 0 Å². The Morgan fingerprint density at radius 1 is 1.12 bits per heavy atom. The lowest BCUT2D eigenvalue weighted by Crippen LogP contribution is -2.00. The highest BCUT2D eigenvalue weighted by atomic mass is 16.5. The molecule has 0 amide bonds. The molecule has 0 bridgehead atoms. The highest BCUT2D eigenvalue weighted by Gasteiger charge is 2.11. The summed E-state index contributed by atoms with van der Waals surface area (Å²) in [5.74, 6) is 3.99. The lowest BCUT2D eigenvalue weighted by molar-refractivity contribution is 0.272. The number of terminal acetylenes is 1. The van der Waals surface area contributed by atoms with Gasteiger partial charge in [0, 0.05) is 10.9 Å². The van der Waals surface area contributed by atoms with Crippen LogP contribution in [-0.2, 0) is 6.61 Å². The van der Waals surface area contributed by atoms with Gasteiger partial charge in [-0.25, -0.2) is 9.97 Å². The molecule has 0 unspecified atom stereocenters. The van der Waals surface area contributed by atoms with Gasteiger partial charge in [-0.2, -0.15) is 0 Å². The fraction of sp³-hybridized carbons (Fsp3) is 0.238. The molecule has 4 heteroatoms. The van der Waals surface area contributed by atoms with Crippen molar-refractivity contribution >= 4 is 10.9 Å². The zero-order chi connectivity index (χ0) is 17.8. The monoisotopic (exact) mass is 332 g/mol. The Morgan fingerprint density at radius 2 is 1.88 bits per heavy atom. The molecule has 0 atom stereocenters. The molecule has 1 N–H and O–H groups in total. The van der Waals surface area contributed by atoms with Gasteiger partial charge in [-0.15, -0.1) is 6.42 Å². The van der Waals surface area contributed by atoms with Gasteiger partial charge < -0.3 is 9.84 Å². The maximum Gasteiger partial charge on any atom is 0.155 e. The van der Waals surface area contributed by atoms with E-state index in [1.807, 2.05) is 30.3 Å². The van der Waals surface area contributed by atoms with Crippen molar-refractivity contribution in [1.29, 1.82) is 0 Å². The molecule has 0 saturated heterocycles. The van der Waals surface area contributed by atoms with E-state index in [1.165, 1.54) is 5.56 Å².